The molecule has 0 atom stereocenters. The van der Waals surface area contributed by atoms with Gasteiger partial charge in [-0.1, -0.05) is 48.5 Å². The standard InChI is InChI=1S/C28H27NO5/c1-17-23(26(31)34-28(2,3)4)13-18(15-30)14-25(17)29-27(32)33-16-24-21-11-7-5-9-19(21)20-10-6-8-12-22(20)24/h5-15,24H,16H2,1-4H3,(H,29,32). The minimum atomic E-state index is -0.693. The summed E-state index contributed by atoms with van der Waals surface area (Å²) in [6, 6.07) is 19.2. The molecule has 0 saturated heterocycles. The van der Waals surface area contributed by atoms with Crippen molar-refractivity contribution in [1.29, 1.82) is 0 Å². The van der Waals surface area contributed by atoms with Crippen LogP contribution in [-0.2, 0) is 9.47 Å². The van der Waals surface area contributed by atoms with Gasteiger partial charge in [-0.25, -0.2) is 9.59 Å². The molecule has 0 aromatic heterocycles. The Bertz CT molecular complexity index is 1230. The molecule has 1 N–H and O–H groups in total. The molecule has 1 amide bonds. The number of ether oxygens (including phenoxy) is 2. The Labute approximate surface area is 198 Å². The predicted octanol–water partition coefficient (Wildman–Crippen LogP) is 6.12. The number of hydrogen-bond donors (Lipinski definition) is 1. The Balaban J connectivity index is 1.52. The lowest BCUT2D eigenvalue weighted by molar-refractivity contribution is 0.00686. The molecule has 0 unspecified atom stereocenters. The third kappa shape index (κ3) is 4.71. The Morgan fingerprint density at radius 1 is 0.971 bits per heavy atom. The first-order chi connectivity index (χ1) is 16.2. The molecular formula is C28H27NO5. The molecule has 0 saturated carbocycles. The van der Waals surface area contributed by atoms with Crippen LogP contribution < -0.4 is 5.32 Å². The zero-order valence-corrected chi connectivity index (χ0v) is 19.7. The van der Waals surface area contributed by atoms with Gasteiger partial charge in [-0.05, 0) is 67.6 Å². The number of nitrogens with one attached hydrogen (secondary N) is 1. The third-order valence-electron chi connectivity index (χ3n) is 5.77. The van der Waals surface area contributed by atoms with Crippen molar-refractivity contribution in [2.45, 2.75) is 39.2 Å². The van der Waals surface area contributed by atoms with Gasteiger partial charge in [-0.15, -0.1) is 0 Å². The summed E-state index contributed by atoms with van der Waals surface area (Å²) in [7, 11) is 0. The highest BCUT2D eigenvalue weighted by atomic mass is 16.6. The van der Waals surface area contributed by atoms with Crippen LogP contribution in [-0.4, -0.2) is 30.6 Å². The largest absolute Gasteiger partial charge is 0.456 e. The van der Waals surface area contributed by atoms with Crippen LogP contribution in [0.2, 0.25) is 0 Å². The van der Waals surface area contributed by atoms with E-state index in [1.54, 1.807) is 27.7 Å². The highest BCUT2D eigenvalue weighted by Crippen LogP contribution is 2.44. The predicted molar refractivity (Wildman–Crippen MR) is 130 cm³/mol. The molecule has 3 aromatic rings. The number of hydrogen-bond acceptors (Lipinski definition) is 5. The van der Waals surface area contributed by atoms with E-state index in [4.69, 9.17) is 9.47 Å². The molecule has 6 nitrogen and oxygen atoms in total. The highest BCUT2D eigenvalue weighted by Gasteiger charge is 2.29. The van der Waals surface area contributed by atoms with Crippen LogP contribution in [0, 0.1) is 6.92 Å². The second-order valence-electron chi connectivity index (χ2n) is 9.31. The lowest BCUT2D eigenvalue weighted by atomic mass is 9.98. The zero-order chi connectivity index (χ0) is 24.5. The number of anilines is 1. The number of rotatable bonds is 5. The van der Waals surface area contributed by atoms with Gasteiger partial charge in [0.2, 0.25) is 0 Å². The molecular weight excluding hydrogens is 430 g/mol. The van der Waals surface area contributed by atoms with Crippen LogP contribution >= 0.6 is 0 Å². The maximum atomic E-state index is 12.7. The molecule has 0 bridgehead atoms. The fourth-order valence-corrected chi connectivity index (χ4v) is 4.22. The Kier molecular flexibility index (Phi) is 6.24. The van der Waals surface area contributed by atoms with Crippen LogP contribution in [0.25, 0.3) is 11.1 Å². The first-order valence-electron chi connectivity index (χ1n) is 11.1. The maximum absolute atomic E-state index is 12.7. The summed E-state index contributed by atoms with van der Waals surface area (Å²) in [4.78, 5) is 36.8. The number of carbonyl (C=O) groups excluding carboxylic acids is 3. The summed E-state index contributed by atoms with van der Waals surface area (Å²) in [6.07, 6.45) is -0.0425. The van der Waals surface area contributed by atoms with Crippen LogP contribution in [0.4, 0.5) is 10.5 Å². The van der Waals surface area contributed by atoms with E-state index in [9.17, 15) is 14.4 Å². The van der Waals surface area contributed by atoms with Crippen molar-refractivity contribution in [2.75, 3.05) is 11.9 Å². The molecule has 6 heteroatoms. The van der Waals surface area contributed by atoms with E-state index in [0.29, 0.717) is 17.5 Å². The van der Waals surface area contributed by atoms with Crippen LogP contribution in [0.3, 0.4) is 0 Å². The van der Waals surface area contributed by atoms with Gasteiger partial charge >= 0.3 is 12.1 Å². The number of amides is 1. The van der Waals surface area contributed by atoms with E-state index in [-0.39, 0.29) is 23.7 Å². The summed E-state index contributed by atoms with van der Waals surface area (Å²) in [5, 5.41) is 2.69. The molecule has 174 valence electrons. The van der Waals surface area contributed by atoms with Crippen molar-refractivity contribution in [1.82, 2.24) is 0 Å². The second-order valence-corrected chi connectivity index (χ2v) is 9.31. The average molecular weight is 458 g/mol. The van der Waals surface area contributed by atoms with E-state index >= 15 is 0 Å². The van der Waals surface area contributed by atoms with Gasteiger partial charge in [0.25, 0.3) is 0 Å². The van der Waals surface area contributed by atoms with Gasteiger partial charge in [-0.2, -0.15) is 0 Å². The minimum absolute atomic E-state index is 0.0714. The molecule has 0 fully saturated rings. The van der Waals surface area contributed by atoms with Crippen LogP contribution in [0.1, 0.15) is 64.1 Å². The lowest BCUT2D eigenvalue weighted by Crippen LogP contribution is -2.25. The van der Waals surface area contributed by atoms with Gasteiger partial charge in [0.15, 0.2) is 0 Å². The summed E-state index contributed by atoms with van der Waals surface area (Å²) in [5.41, 5.74) is 5.10. The highest BCUT2D eigenvalue weighted by molar-refractivity contribution is 5.98. The van der Waals surface area contributed by atoms with E-state index in [0.717, 1.165) is 22.3 Å². The average Bonchev–Trinajstić information content (AvgIpc) is 3.11. The normalized spacial score (nSPS) is 12.5. The number of benzene rings is 3. The fraction of sp³-hybridized carbons (Fsp3) is 0.250. The van der Waals surface area contributed by atoms with Crippen molar-refractivity contribution < 1.29 is 23.9 Å². The molecule has 0 spiro atoms. The van der Waals surface area contributed by atoms with Gasteiger partial charge in [-0.3, -0.25) is 10.1 Å². The topological polar surface area (TPSA) is 81.7 Å². The lowest BCUT2D eigenvalue weighted by Gasteiger charge is -2.21. The van der Waals surface area contributed by atoms with E-state index in [1.165, 1.54) is 12.1 Å². The smallest absolute Gasteiger partial charge is 0.411 e. The van der Waals surface area contributed by atoms with Gasteiger partial charge in [0.05, 0.1) is 5.56 Å². The number of carbonyl (C=O) groups is 3. The van der Waals surface area contributed by atoms with Crippen molar-refractivity contribution in [3.8, 4) is 11.1 Å². The Morgan fingerprint density at radius 3 is 2.12 bits per heavy atom. The van der Waals surface area contributed by atoms with E-state index in [2.05, 4.69) is 17.4 Å². The monoisotopic (exact) mass is 457 g/mol. The molecule has 0 heterocycles. The van der Waals surface area contributed by atoms with Crippen LogP contribution in [0.15, 0.2) is 60.7 Å². The quantitative estimate of drug-likeness (QED) is 0.368. The van der Waals surface area contributed by atoms with E-state index in [1.807, 2.05) is 36.4 Å². The fourth-order valence-electron chi connectivity index (χ4n) is 4.22. The van der Waals surface area contributed by atoms with Crippen LogP contribution in [0.5, 0.6) is 0 Å². The first-order valence-corrected chi connectivity index (χ1v) is 11.1. The Morgan fingerprint density at radius 2 is 1.56 bits per heavy atom. The summed E-state index contributed by atoms with van der Waals surface area (Å²) in [6.45, 7) is 7.14. The van der Waals surface area contributed by atoms with Crippen molar-refractivity contribution in [2.24, 2.45) is 0 Å². The number of fused-ring (bicyclic) bond motifs is 3. The van der Waals surface area contributed by atoms with E-state index < -0.39 is 17.7 Å². The van der Waals surface area contributed by atoms with Crippen molar-refractivity contribution >= 4 is 24.0 Å². The molecule has 1 aliphatic rings. The van der Waals surface area contributed by atoms with Gasteiger partial charge in [0.1, 0.15) is 18.5 Å². The Hall–Kier alpha value is -3.93. The minimum Gasteiger partial charge on any atom is -0.456 e. The zero-order valence-electron chi connectivity index (χ0n) is 19.7. The summed E-state index contributed by atoms with van der Waals surface area (Å²) in [5.74, 6) is -0.637. The van der Waals surface area contributed by atoms with Gasteiger partial charge < -0.3 is 9.47 Å². The molecule has 4 rings (SSSR count). The number of aldehydes is 1. The first kappa shape index (κ1) is 23.2. The second kappa shape index (κ2) is 9.14. The molecule has 34 heavy (non-hydrogen) atoms. The molecule has 0 aliphatic heterocycles. The maximum Gasteiger partial charge on any atom is 0.411 e. The van der Waals surface area contributed by atoms with Crippen molar-refractivity contribution in [3.05, 3.63) is 88.5 Å². The molecule has 3 aromatic carbocycles. The molecule has 0 radical (unpaired) electrons. The summed E-state index contributed by atoms with van der Waals surface area (Å²) < 4.78 is 11.0. The number of esters is 1. The SMILES string of the molecule is Cc1c(NC(=O)OCC2c3ccccc3-c3ccccc32)cc(C=O)cc1C(=O)OC(C)(C)C. The van der Waals surface area contributed by atoms with Gasteiger partial charge in [0, 0.05) is 17.2 Å². The molecule has 1 aliphatic carbocycles. The van der Waals surface area contributed by atoms with Crippen molar-refractivity contribution in [3.63, 3.8) is 0 Å². The third-order valence-corrected chi connectivity index (χ3v) is 5.77. The summed E-state index contributed by atoms with van der Waals surface area (Å²) >= 11 is 0.